The second-order valence-electron chi connectivity index (χ2n) is 7.81. The molecule has 7 nitrogen and oxygen atoms in total. The summed E-state index contributed by atoms with van der Waals surface area (Å²) in [6.07, 6.45) is 8.80. The molecule has 0 aliphatic heterocycles. The van der Waals surface area contributed by atoms with Crippen molar-refractivity contribution >= 4 is 11.0 Å². The molecule has 3 aromatic heterocycles. The summed E-state index contributed by atoms with van der Waals surface area (Å²) in [5.41, 5.74) is 12.7. The number of pyridine rings is 1. The van der Waals surface area contributed by atoms with Crippen molar-refractivity contribution in [3.63, 3.8) is 0 Å². The summed E-state index contributed by atoms with van der Waals surface area (Å²) < 4.78 is 0. The Morgan fingerprint density at radius 1 is 1.03 bits per heavy atom. The van der Waals surface area contributed by atoms with Crippen LogP contribution in [0.3, 0.4) is 0 Å². The quantitative estimate of drug-likeness (QED) is 0.516. The molecule has 152 valence electrons. The van der Waals surface area contributed by atoms with Crippen molar-refractivity contribution in [1.82, 2.24) is 30.0 Å². The van der Waals surface area contributed by atoms with Gasteiger partial charge in [0.1, 0.15) is 5.82 Å². The van der Waals surface area contributed by atoms with Gasteiger partial charge in [0.15, 0.2) is 0 Å². The van der Waals surface area contributed by atoms with E-state index in [9.17, 15) is 0 Å². The molecule has 0 radical (unpaired) electrons. The van der Waals surface area contributed by atoms with E-state index in [2.05, 4.69) is 32.2 Å². The fourth-order valence-electron chi connectivity index (χ4n) is 4.41. The number of nitrogens with zero attached hydrogens (tertiary/aromatic N) is 5. The molecule has 1 atom stereocenters. The number of rotatable bonds is 6. The Kier molecular flexibility index (Phi) is 5.21. The molecule has 0 amide bonds. The lowest BCUT2D eigenvalue weighted by Crippen LogP contribution is -2.32. The summed E-state index contributed by atoms with van der Waals surface area (Å²) in [4.78, 5) is 15.5. The second-order valence-corrected chi connectivity index (χ2v) is 7.81. The van der Waals surface area contributed by atoms with E-state index in [4.69, 9.17) is 15.7 Å². The second kappa shape index (κ2) is 8.30. The lowest BCUT2D eigenvalue weighted by molar-refractivity contribution is 0.153. The van der Waals surface area contributed by atoms with Crippen LogP contribution in [0.1, 0.15) is 47.1 Å². The number of H-pyrrole nitrogens is 1. The highest BCUT2D eigenvalue weighted by Crippen LogP contribution is 2.34. The highest BCUT2D eigenvalue weighted by atomic mass is 15.2. The number of imidazole rings is 1. The molecule has 4 aromatic rings. The molecule has 7 heteroatoms. The molecule has 3 N–H and O–H groups in total. The van der Waals surface area contributed by atoms with Gasteiger partial charge < -0.3 is 10.7 Å². The zero-order chi connectivity index (χ0) is 20.3. The zero-order valence-electron chi connectivity index (χ0n) is 16.8. The number of fused-ring (bicyclic) bond motifs is 2. The molecule has 3 heterocycles. The normalized spacial score (nSPS) is 16.1. The Morgan fingerprint density at radius 3 is 2.77 bits per heavy atom. The Morgan fingerprint density at radius 2 is 1.90 bits per heavy atom. The number of aromatic amines is 1. The van der Waals surface area contributed by atoms with E-state index in [1.807, 2.05) is 36.7 Å². The number of para-hydroxylation sites is 2. The smallest absolute Gasteiger partial charge is 0.121 e. The van der Waals surface area contributed by atoms with Crippen LogP contribution >= 0.6 is 0 Å². The summed E-state index contributed by atoms with van der Waals surface area (Å²) in [7, 11) is 0. The molecular weight excluding hydrogens is 374 g/mol. The van der Waals surface area contributed by atoms with Gasteiger partial charge in [-0.15, -0.1) is 0 Å². The van der Waals surface area contributed by atoms with Gasteiger partial charge in [0.25, 0.3) is 0 Å². The van der Waals surface area contributed by atoms with Crippen LogP contribution in [0.25, 0.3) is 11.0 Å². The maximum Gasteiger partial charge on any atom is 0.121 e. The van der Waals surface area contributed by atoms with Gasteiger partial charge in [-0.05, 0) is 54.2 Å². The van der Waals surface area contributed by atoms with Gasteiger partial charge in [-0.1, -0.05) is 18.2 Å². The first-order valence-electron chi connectivity index (χ1n) is 10.4. The maximum absolute atomic E-state index is 5.97. The molecule has 0 saturated heterocycles. The fraction of sp³-hybridized carbons (Fsp3) is 0.304. The van der Waals surface area contributed by atoms with Crippen molar-refractivity contribution in [1.29, 1.82) is 0 Å². The van der Waals surface area contributed by atoms with Gasteiger partial charge in [0.05, 0.1) is 41.7 Å². The lowest BCUT2D eigenvalue weighted by atomic mass is 9.90. The third kappa shape index (κ3) is 3.69. The third-order valence-corrected chi connectivity index (χ3v) is 5.90. The molecule has 0 saturated carbocycles. The topological polar surface area (TPSA) is 96.6 Å². The van der Waals surface area contributed by atoms with Crippen molar-refractivity contribution in [2.75, 3.05) is 0 Å². The van der Waals surface area contributed by atoms with Crippen LogP contribution in [-0.4, -0.2) is 30.0 Å². The molecule has 0 spiro atoms. The Bertz CT molecular complexity index is 1120. The van der Waals surface area contributed by atoms with Crippen LogP contribution in [-0.2, 0) is 26.1 Å². The van der Waals surface area contributed by atoms with Gasteiger partial charge in [-0.25, -0.2) is 4.98 Å². The monoisotopic (exact) mass is 399 g/mol. The SMILES string of the molecule is NCc1cnncc1CN(Cc1nc2ccccc2[nH]1)C1CCCc2cccnc21. The molecule has 0 bridgehead atoms. The molecule has 30 heavy (non-hydrogen) atoms. The summed E-state index contributed by atoms with van der Waals surface area (Å²) in [6.45, 7) is 1.87. The third-order valence-electron chi connectivity index (χ3n) is 5.90. The van der Waals surface area contributed by atoms with Crippen LogP contribution in [0.2, 0.25) is 0 Å². The number of hydrogen-bond acceptors (Lipinski definition) is 6. The standard InChI is InChI=1S/C23H25N7/c24-11-17-12-26-27-13-18(17)14-30(15-22-28-19-7-1-2-8-20(19)29-22)21-9-3-5-16-6-4-10-25-23(16)21/h1-2,4,6-8,10,12-13,21H,3,5,9,11,14-15,24H2,(H,28,29). The molecule has 1 aliphatic carbocycles. The largest absolute Gasteiger partial charge is 0.341 e. The first-order valence-corrected chi connectivity index (χ1v) is 10.4. The van der Waals surface area contributed by atoms with E-state index in [0.29, 0.717) is 13.1 Å². The predicted molar refractivity (Wildman–Crippen MR) is 115 cm³/mol. The average Bonchev–Trinajstić information content (AvgIpc) is 3.21. The van der Waals surface area contributed by atoms with Gasteiger partial charge in [-0.2, -0.15) is 10.2 Å². The molecule has 0 fully saturated rings. The first-order chi connectivity index (χ1) is 14.8. The highest BCUT2D eigenvalue weighted by molar-refractivity contribution is 5.74. The number of nitrogens with two attached hydrogens (primary N) is 1. The maximum atomic E-state index is 5.97. The Balaban J connectivity index is 1.52. The molecule has 1 unspecified atom stereocenters. The van der Waals surface area contributed by atoms with Crippen LogP contribution in [0.15, 0.2) is 55.0 Å². The summed E-state index contributed by atoms with van der Waals surface area (Å²) in [5, 5.41) is 8.11. The predicted octanol–water partition coefficient (Wildman–Crippen LogP) is 3.29. The fourth-order valence-corrected chi connectivity index (χ4v) is 4.41. The number of aromatic nitrogens is 5. The van der Waals surface area contributed by atoms with Crippen LogP contribution in [0.4, 0.5) is 0 Å². The van der Waals surface area contributed by atoms with E-state index in [1.54, 1.807) is 6.20 Å². The minimum Gasteiger partial charge on any atom is -0.341 e. The van der Waals surface area contributed by atoms with Gasteiger partial charge in [0.2, 0.25) is 0 Å². The van der Waals surface area contributed by atoms with Crippen molar-refractivity contribution in [2.45, 2.75) is 44.9 Å². The van der Waals surface area contributed by atoms with Gasteiger partial charge >= 0.3 is 0 Å². The van der Waals surface area contributed by atoms with E-state index in [1.165, 1.54) is 11.3 Å². The molecule has 1 aliphatic rings. The Labute approximate surface area is 175 Å². The number of aryl methyl sites for hydroxylation is 1. The van der Waals surface area contributed by atoms with Gasteiger partial charge in [-0.3, -0.25) is 9.88 Å². The van der Waals surface area contributed by atoms with E-state index < -0.39 is 0 Å². The molecular formula is C23H25N7. The number of nitrogens with one attached hydrogen (secondary N) is 1. The molecule has 5 rings (SSSR count). The zero-order valence-corrected chi connectivity index (χ0v) is 16.8. The minimum atomic E-state index is 0.224. The highest BCUT2D eigenvalue weighted by Gasteiger charge is 2.28. The molecule has 1 aromatic carbocycles. The summed E-state index contributed by atoms with van der Waals surface area (Å²) >= 11 is 0. The van der Waals surface area contributed by atoms with Crippen LogP contribution in [0.5, 0.6) is 0 Å². The lowest BCUT2D eigenvalue weighted by Gasteiger charge is -2.34. The van der Waals surface area contributed by atoms with Crippen molar-refractivity contribution < 1.29 is 0 Å². The summed E-state index contributed by atoms with van der Waals surface area (Å²) in [6, 6.07) is 12.6. The first kappa shape index (κ1) is 18.8. The number of hydrogen-bond donors (Lipinski definition) is 2. The average molecular weight is 400 g/mol. The van der Waals surface area contributed by atoms with E-state index in [0.717, 1.165) is 53.8 Å². The van der Waals surface area contributed by atoms with Crippen LogP contribution in [0, 0.1) is 0 Å². The van der Waals surface area contributed by atoms with Gasteiger partial charge in [0, 0.05) is 19.3 Å². The van der Waals surface area contributed by atoms with Crippen molar-refractivity contribution in [3.05, 3.63) is 83.2 Å². The Hall–Kier alpha value is -3.16. The van der Waals surface area contributed by atoms with Crippen LogP contribution < -0.4 is 5.73 Å². The minimum absolute atomic E-state index is 0.224. The van der Waals surface area contributed by atoms with Crippen molar-refractivity contribution in [2.24, 2.45) is 5.73 Å². The van der Waals surface area contributed by atoms with Crippen molar-refractivity contribution in [3.8, 4) is 0 Å². The van der Waals surface area contributed by atoms with E-state index >= 15 is 0 Å². The summed E-state index contributed by atoms with van der Waals surface area (Å²) in [5.74, 6) is 0.954. The number of benzene rings is 1. The van der Waals surface area contributed by atoms with E-state index in [-0.39, 0.29) is 6.04 Å².